The first-order valence-corrected chi connectivity index (χ1v) is 15.0. The Hall–Kier alpha value is -2.57. The van der Waals surface area contributed by atoms with Crippen molar-refractivity contribution < 1.29 is 13.2 Å². The van der Waals surface area contributed by atoms with Crippen LogP contribution >= 0.6 is 50.2 Å². The quantitative estimate of drug-likeness (QED) is 0.236. The highest BCUT2D eigenvalue weighted by Crippen LogP contribution is 2.30. The predicted octanol–water partition coefficient (Wildman–Crippen LogP) is 6.42. The summed E-state index contributed by atoms with van der Waals surface area (Å²) >= 11 is 12.5. The van der Waals surface area contributed by atoms with Gasteiger partial charge in [-0.2, -0.15) is 0 Å². The maximum absolute atomic E-state index is 12.9. The molecule has 0 saturated heterocycles. The Bertz CT molecular complexity index is 1730. The summed E-state index contributed by atoms with van der Waals surface area (Å²) in [6.07, 6.45) is 0. The van der Waals surface area contributed by atoms with Crippen molar-refractivity contribution in [1.82, 2.24) is 19.3 Å². The van der Waals surface area contributed by atoms with E-state index in [2.05, 4.69) is 30.6 Å². The third-order valence-electron chi connectivity index (χ3n) is 5.55. The van der Waals surface area contributed by atoms with Crippen molar-refractivity contribution in [2.75, 3.05) is 0 Å². The topological polar surface area (TPSA) is 93.9 Å². The van der Waals surface area contributed by atoms with Gasteiger partial charge in [0.15, 0.2) is 5.65 Å². The number of carbonyl (C=O) groups excluding carboxylic acids is 1. The summed E-state index contributed by atoms with van der Waals surface area (Å²) in [6, 6.07) is 14.5. The number of fused-ring (bicyclic) bond motifs is 1. The van der Waals surface area contributed by atoms with Gasteiger partial charge in [0.25, 0.3) is 15.9 Å². The molecule has 1 amide bonds. The van der Waals surface area contributed by atoms with Crippen LogP contribution in [0.2, 0.25) is 5.02 Å². The molecule has 184 valence electrons. The molecule has 4 heterocycles. The number of nitrogens with one attached hydrogen (secondary N) is 1. The molecule has 0 bridgehead atoms. The van der Waals surface area contributed by atoms with Gasteiger partial charge in [-0.3, -0.25) is 4.79 Å². The van der Waals surface area contributed by atoms with E-state index in [9.17, 15) is 13.2 Å². The Labute approximate surface area is 229 Å². The second-order valence-corrected chi connectivity index (χ2v) is 13.7. The van der Waals surface area contributed by atoms with Gasteiger partial charge < -0.3 is 4.57 Å². The fraction of sp³-hybridized carbons (Fsp3) is 0.125. The van der Waals surface area contributed by atoms with Gasteiger partial charge in [-0.05, 0) is 82.2 Å². The van der Waals surface area contributed by atoms with Gasteiger partial charge >= 0.3 is 0 Å². The van der Waals surface area contributed by atoms with Gasteiger partial charge in [0.1, 0.15) is 21.2 Å². The molecular weight excluding hydrogens is 604 g/mol. The number of hydrogen-bond donors (Lipinski definition) is 1. The lowest BCUT2D eigenvalue weighted by atomic mass is 10.1. The van der Waals surface area contributed by atoms with Crippen molar-refractivity contribution in [3.63, 3.8) is 0 Å². The molecule has 5 aromatic rings. The predicted molar refractivity (Wildman–Crippen MR) is 148 cm³/mol. The Morgan fingerprint density at radius 2 is 1.94 bits per heavy atom. The first-order valence-electron chi connectivity index (χ1n) is 10.6. The smallest absolute Gasteiger partial charge is 0.283 e. The molecule has 0 radical (unpaired) electrons. The zero-order valence-electron chi connectivity index (χ0n) is 19.0. The Morgan fingerprint density at radius 1 is 1.14 bits per heavy atom. The van der Waals surface area contributed by atoms with Crippen LogP contribution in [0.5, 0.6) is 0 Å². The van der Waals surface area contributed by atoms with Crippen LogP contribution in [-0.2, 0) is 16.6 Å². The number of benzene rings is 1. The average molecular weight is 622 g/mol. The second-order valence-electron chi connectivity index (χ2n) is 8.02. The number of sulfonamides is 1. The number of halogens is 2. The van der Waals surface area contributed by atoms with E-state index in [1.807, 2.05) is 54.1 Å². The number of rotatable bonds is 6. The number of carbonyl (C=O) groups is 1. The van der Waals surface area contributed by atoms with E-state index in [1.54, 1.807) is 17.4 Å². The number of hydrogen-bond acceptors (Lipinski definition) is 7. The standard InChI is InChI=1S/C24H18BrClN4O3S3/c1-13-10-18(24(31)29-36(32,33)21-8-7-20(25)35-21)28-23-22(13)27-14(2)30(23)12-16-6-5-15(11-17(16)26)19-4-3-9-34-19/h3-11H,12H2,1-2H3,(H,29,31). The largest absolute Gasteiger partial charge is 0.308 e. The molecule has 36 heavy (non-hydrogen) atoms. The average Bonchev–Trinajstić information content (AvgIpc) is 3.57. The summed E-state index contributed by atoms with van der Waals surface area (Å²) in [6.45, 7) is 4.06. The number of nitrogens with zero attached hydrogens (tertiary/aromatic N) is 3. The van der Waals surface area contributed by atoms with Gasteiger partial charge in [0.2, 0.25) is 0 Å². The van der Waals surface area contributed by atoms with Crippen molar-refractivity contribution >= 4 is 77.3 Å². The molecule has 0 saturated carbocycles. The van der Waals surface area contributed by atoms with E-state index in [0.29, 0.717) is 37.9 Å². The molecule has 5 rings (SSSR count). The number of aryl methyl sites for hydroxylation is 2. The lowest BCUT2D eigenvalue weighted by Gasteiger charge is -2.11. The molecule has 12 heteroatoms. The van der Waals surface area contributed by atoms with Crippen LogP contribution in [-0.4, -0.2) is 28.9 Å². The van der Waals surface area contributed by atoms with E-state index in [-0.39, 0.29) is 9.90 Å². The van der Waals surface area contributed by atoms with Crippen molar-refractivity contribution in [3.05, 3.63) is 85.4 Å². The summed E-state index contributed by atoms with van der Waals surface area (Å²) in [5.74, 6) is -0.110. The summed E-state index contributed by atoms with van der Waals surface area (Å²) in [5.41, 5.74) is 3.73. The van der Waals surface area contributed by atoms with Crippen LogP contribution in [0.1, 0.15) is 27.4 Å². The first-order chi connectivity index (χ1) is 17.1. The molecule has 4 aromatic heterocycles. The lowest BCUT2D eigenvalue weighted by molar-refractivity contribution is 0.0977. The Balaban J connectivity index is 1.48. The monoisotopic (exact) mass is 620 g/mol. The van der Waals surface area contributed by atoms with E-state index in [1.165, 1.54) is 12.1 Å². The highest BCUT2D eigenvalue weighted by atomic mass is 79.9. The third kappa shape index (κ3) is 4.85. The number of thiophene rings is 2. The second kappa shape index (κ2) is 9.71. The molecule has 7 nitrogen and oxygen atoms in total. The van der Waals surface area contributed by atoms with Crippen LogP contribution in [0.3, 0.4) is 0 Å². The maximum atomic E-state index is 12.9. The number of pyridine rings is 1. The normalized spacial score (nSPS) is 11.8. The van der Waals surface area contributed by atoms with Gasteiger partial charge in [-0.1, -0.05) is 29.8 Å². The zero-order valence-corrected chi connectivity index (χ0v) is 23.7. The Kier molecular flexibility index (Phi) is 6.77. The van der Waals surface area contributed by atoms with E-state index >= 15 is 0 Å². The first kappa shape index (κ1) is 25.1. The molecule has 0 atom stereocenters. The number of imidazole rings is 1. The highest BCUT2D eigenvalue weighted by Gasteiger charge is 2.23. The molecule has 0 aliphatic rings. The van der Waals surface area contributed by atoms with Crippen molar-refractivity contribution in [2.24, 2.45) is 0 Å². The zero-order chi connectivity index (χ0) is 25.6. The molecule has 0 aliphatic heterocycles. The summed E-state index contributed by atoms with van der Waals surface area (Å²) in [4.78, 5) is 23.2. The molecule has 1 aromatic carbocycles. The van der Waals surface area contributed by atoms with Gasteiger partial charge in [-0.25, -0.2) is 23.1 Å². The summed E-state index contributed by atoms with van der Waals surface area (Å²) in [7, 11) is -4.02. The molecule has 0 aliphatic carbocycles. The fourth-order valence-electron chi connectivity index (χ4n) is 3.77. The van der Waals surface area contributed by atoms with Crippen LogP contribution in [0, 0.1) is 13.8 Å². The summed E-state index contributed by atoms with van der Waals surface area (Å²) in [5, 5.41) is 2.63. The summed E-state index contributed by atoms with van der Waals surface area (Å²) < 4.78 is 29.9. The molecule has 0 unspecified atom stereocenters. The molecular formula is C24H18BrClN4O3S3. The van der Waals surface area contributed by atoms with Crippen LogP contribution in [0.15, 0.2) is 61.9 Å². The van der Waals surface area contributed by atoms with Crippen molar-refractivity contribution in [2.45, 2.75) is 24.6 Å². The van der Waals surface area contributed by atoms with E-state index < -0.39 is 15.9 Å². The van der Waals surface area contributed by atoms with Gasteiger partial charge in [0, 0.05) is 9.90 Å². The van der Waals surface area contributed by atoms with Crippen molar-refractivity contribution in [1.29, 1.82) is 0 Å². The van der Waals surface area contributed by atoms with Gasteiger partial charge in [0.05, 0.1) is 10.3 Å². The molecule has 0 fully saturated rings. The van der Waals surface area contributed by atoms with E-state index in [0.717, 1.165) is 27.3 Å². The molecule has 0 spiro atoms. The van der Waals surface area contributed by atoms with Crippen molar-refractivity contribution in [3.8, 4) is 10.4 Å². The van der Waals surface area contributed by atoms with Crippen LogP contribution in [0.4, 0.5) is 0 Å². The number of amides is 1. The minimum atomic E-state index is -4.02. The van der Waals surface area contributed by atoms with Crippen LogP contribution < -0.4 is 4.72 Å². The lowest BCUT2D eigenvalue weighted by Crippen LogP contribution is -2.30. The van der Waals surface area contributed by atoms with Crippen LogP contribution in [0.25, 0.3) is 21.6 Å². The Morgan fingerprint density at radius 3 is 2.61 bits per heavy atom. The third-order valence-corrected chi connectivity index (χ3v) is 10.3. The van der Waals surface area contributed by atoms with E-state index in [4.69, 9.17) is 11.6 Å². The maximum Gasteiger partial charge on any atom is 0.283 e. The minimum absolute atomic E-state index is 0.0144. The van der Waals surface area contributed by atoms with Gasteiger partial charge in [-0.15, -0.1) is 22.7 Å². The SMILES string of the molecule is Cc1cc(C(=O)NS(=O)(=O)c2ccc(Br)s2)nc2c1nc(C)n2Cc1ccc(-c2cccs2)cc1Cl. The number of aromatic nitrogens is 3. The highest BCUT2D eigenvalue weighted by molar-refractivity contribution is 9.11. The minimum Gasteiger partial charge on any atom is -0.308 e. The fourth-order valence-corrected chi connectivity index (χ4v) is 7.70. The molecule has 1 N–H and O–H groups in total.